The van der Waals surface area contributed by atoms with Gasteiger partial charge in [-0.25, -0.2) is 0 Å². The summed E-state index contributed by atoms with van der Waals surface area (Å²) < 4.78 is 28.0. The van der Waals surface area contributed by atoms with E-state index in [1.165, 1.54) is 0 Å². The molecule has 1 N–H and O–H groups in total. The summed E-state index contributed by atoms with van der Waals surface area (Å²) in [6, 6.07) is 0. The van der Waals surface area contributed by atoms with Gasteiger partial charge in [0.15, 0.2) is 0 Å². The van der Waals surface area contributed by atoms with E-state index < -0.39 is 37.7 Å². The summed E-state index contributed by atoms with van der Waals surface area (Å²) in [5, 5.41) is 8.43. The molecule has 0 amide bonds. The molecular weight excluding hydrogens is 204 g/mol. The van der Waals surface area contributed by atoms with Crippen LogP contribution in [0.1, 0.15) is 0 Å². The molecular formula is C3H6O7Si2-2. The number of rotatable bonds is 6. The van der Waals surface area contributed by atoms with Gasteiger partial charge in [0, 0.05) is 6.61 Å². The van der Waals surface area contributed by atoms with E-state index in [9.17, 15) is 18.5 Å². The molecule has 0 heterocycles. The highest BCUT2D eigenvalue weighted by Crippen LogP contribution is 1.89. The molecule has 0 fully saturated rings. The Morgan fingerprint density at radius 2 is 1.92 bits per heavy atom. The second-order valence-electron chi connectivity index (χ2n) is 1.73. The van der Waals surface area contributed by atoms with Crippen molar-refractivity contribution in [2.45, 2.75) is 6.10 Å². The van der Waals surface area contributed by atoms with Gasteiger partial charge in [-0.3, -0.25) is 0 Å². The van der Waals surface area contributed by atoms with E-state index in [2.05, 4.69) is 8.85 Å². The van der Waals surface area contributed by atoms with E-state index in [4.69, 9.17) is 5.11 Å². The van der Waals surface area contributed by atoms with Crippen LogP contribution in [0.4, 0.5) is 0 Å². The minimum atomic E-state index is -3.43. The van der Waals surface area contributed by atoms with Crippen LogP contribution in [-0.2, 0) is 17.8 Å². The van der Waals surface area contributed by atoms with Crippen LogP contribution >= 0.6 is 0 Å². The fourth-order valence-corrected chi connectivity index (χ4v) is 1.16. The Balaban J connectivity index is 3.67. The van der Waals surface area contributed by atoms with E-state index in [1.807, 2.05) is 0 Å². The Morgan fingerprint density at radius 3 is 2.25 bits per heavy atom. The normalized spacial score (nSPS) is 11.8. The molecule has 0 aromatic carbocycles. The molecule has 0 saturated carbocycles. The Morgan fingerprint density at radius 1 is 1.33 bits per heavy atom. The van der Waals surface area contributed by atoms with Crippen molar-refractivity contribution in [2.75, 3.05) is 13.2 Å². The number of aliphatic hydroxyl groups excluding tert-OH is 1. The monoisotopic (exact) mass is 210 g/mol. The van der Waals surface area contributed by atoms with Crippen molar-refractivity contribution in [3.05, 3.63) is 0 Å². The van der Waals surface area contributed by atoms with Crippen molar-refractivity contribution in [1.29, 1.82) is 0 Å². The van der Waals surface area contributed by atoms with Gasteiger partial charge >= 0.3 is 18.3 Å². The highest BCUT2D eigenvalue weighted by molar-refractivity contribution is 6.22. The first-order valence-electron chi connectivity index (χ1n) is 2.88. The highest BCUT2D eigenvalue weighted by atomic mass is 28.3. The van der Waals surface area contributed by atoms with Gasteiger partial charge in [0.1, 0.15) is 0 Å². The molecule has 0 aliphatic rings. The average molecular weight is 210 g/mol. The lowest BCUT2D eigenvalue weighted by Crippen LogP contribution is -2.37. The van der Waals surface area contributed by atoms with Gasteiger partial charge in [-0.2, -0.15) is 0 Å². The zero-order chi connectivity index (χ0) is 9.56. The van der Waals surface area contributed by atoms with Crippen molar-refractivity contribution in [3.63, 3.8) is 0 Å². The van der Waals surface area contributed by atoms with E-state index >= 15 is 0 Å². The molecule has 0 aromatic rings. The molecule has 0 aliphatic carbocycles. The predicted molar refractivity (Wildman–Crippen MR) is 30.8 cm³/mol. The van der Waals surface area contributed by atoms with Crippen molar-refractivity contribution >= 4 is 18.3 Å². The third-order valence-electron chi connectivity index (χ3n) is 0.854. The summed E-state index contributed by atoms with van der Waals surface area (Å²) >= 11 is 0. The molecule has 1 unspecified atom stereocenters. The van der Waals surface area contributed by atoms with Gasteiger partial charge in [-0.15, -0.1) is 0 Å². The van der Waals surface area contributed by atoms with Crippen molar-refractivity contribution < 1.29 is 32.5 Å². The van der Waals surface area contributed by atoms with Crippen LogP contribution in [0.2, 0.25) is 0 Å². The average Bonchev–Trinajstić information content (AvgIpc) is 1.97. The third kappa shape index (κ3) is 5.94. The van der Waals surface area contributed by atoms with Gasteiger partial charge in [-0.05, 0) is 0 Å². The first-order valence-corrected chi connectivity index (χ1v) is 5.33. The predicted octanol–water partition coefficient (Wildman–Crippen LogP) is -4.07. The van der Waals surface area contributed by atoms with Crippen molar-refractivity contribution in [3.8, 4) is 0 Å². The summed E-state index contributed by atoms with van der Waals surface area (Å²) in [6.07, 6.45) is -1.14. The first-order chi connectivity index (χ1) is 5.56. The van der Waals surface area contributed by atoms with Crippen molar-refractivity contribution in [2.24, 2.45) is 0 Å². The SMILES string of the molecule is O=[Si]([O-])OCC(CO)O[Si](=O)[O-]. The summed E-state index contributed by atoms with van der Waals surface area (Å²) in [6.45, 7) is -1.11. The molecule has 0 rings (SSSR count). The van der Waals surface area contributed by atoms with Gasteiger partial charge in [0.2, 0.25) is 0 Å². The molecule has 0 aromatic heterocycles. The quantitative estimate of drug-likeness (QED) is 0.443. The zero-order valence-electron chi connectivity index (χ0n) is 5.89. The topological polar surface area (TPSA) is 119 Å². The van der Waals surface area contributed by atoms with Crippen LogP contribution in [0, 0.1) is 0 Å². The second kappa shape index (κ2) is 5.79. The number of hydrogen-bond donors (Lipinski definition) is 1. The Labute approximate surface area is 71.0 Å². The van der Waals surface area contributed by atoms with Gasteiger partial charge in [-0.1, -0.05) is 0 Å². The van der Waals surface area contributed by atoms with Gasteiger partial charge in [0.05, 0.1) is 12.7 Å². The summed E-state index contributed by atoms with van der Waals surface area (Å²) in [5.41, 5.74) is 0. The molecule has 70 valence electrons. The fourth-order valence-electron chi connectivity index (χ4n) is 0.421. The lowest BCUT2D eigenvalue weighted by Gasteiger charge is -2.21. The molecule has 0 bridgehead atoms. The van der Waals surface area contributed by atoms with Crippen LogP contribution in [0.25, 0.3) is 0 Å². The van der Waals surface area contributed by atoms with Crippen LogP contribution in [-0.4, -0.2) is 42.8 Å². The van der Waals surface area contributed by atoms with Crippen LogP contribution in [0.15, 0.2) is 0 Å². The van der Waals surface area contributed by atoms with E-state index in [1.54, 1.807) is 0 Å². The Hall–Kier alpha value is -0.806. The standard InChI is InChI=1S/C3H6O7Si2/c4-1-3(10-12(7)8)2-9-11(5)6/h3-4H,1-2H2/q-2. The van der Waals surface area contributed by atoms with E-state index in [0.29, 0.717) is 0 Å². The van der Waals surface area contributed by atoms with Crippen LogP contribution < -0.4 is 9.59 Å². The third-order valence-corrected chi connectivity index (χ3v) is 1.78. The summed E-state index contributed by atoms with van der Waals surface area (Å²) in [4.78, 5) is 19.8. The summed E-state index contributed by atoms with van der Waals surface area (Å²) in [5.74, 6) is 0. The maximum atomic E-state index is 9.95. The Bertz CT molecular complexity index is 170. The minimum Gasteiger partial charge on any atom is -0.586 e. The summed E-state index contributed by atoms with van der Waals surface area (Å²) in [7, 11) is -6.78. The zero-order valence-corrected chi connectivity index (χ0v) is 7.89. The molecule has 0 spiro atoms. The molecule has 9 heteroatoms. The van der Waals surface area contributed by atoms with Crippen LogP contribution in [0.3, 0.4) is 0 Å². The molecule has 0 saturated heterocycles. The first kappa shape index (κ1) is 11.2. The maximum Gasteiger partial charge on any atom is 0.413 e. The molecule has 0 radical (unpaired) electrons. The van der Waals surface area contributed by atoms with E-state index in [0.717, 1.165) is 0 Å². The lowest BCUT2D eigenvalue weighted by molar-refractivity contribution is -0.243. The maximum absolute atomic E-state index is 9.95. The lowest BCUT2D eigenvalue weighted by atomic mass is 10.4. The Kier molecular flexibility index (Phi) is 5.41. The number of hydrogen-bond acceptors (Lipinski definition) is 7. The molecule has 1 atom stereocenters. The largest absolute Gasteiger partial charge is 0.586 e. The molecule has 7 nitrogen and oxygen atoms in total. The second-order valence-corrected chi connectivity index (χ2v) is 3.26. The van der Waals surface area contributed by atoms with Gasteiger partial charge in [0.25, 0.3) is 0 Å². The molecule has 12 heavy (non-hydrogen) atoms. The fraction of sp³-hybridized carbons (Fsp3) is 1.00. The minimum absolute atomic E-state index is 0.490. The smallest absolute Gasteiger partial charge is 0.413 e. The van der Waals surface area contributed by atoms with Crippen LogP contribution in [0.5, 0.6) is 0 Å². The van der Waals surface area contributed by atoms with E-state index in [-0.39, 0.29) is 0 Å². The van der Waals surface area contributed by atoms with Gasteiger partial charge < -0.3 is 32.5 Å². The highest BCUT2D eigenvalue weighted by Gasteiger charge is 2.04. The van der Waals surface area contributed by atoms with Crippen molar-refractivity contribution in [1.82, 2.24) is 0 Å². The number of aliphatic hydroxyl groups is 1. The molecule has 0 aliphatic heterocycles.